The summed E-state index contributed by atoms with van der Waals surface area (Å²) in [7, 11) is 0. The van der Waals surface area contributed by atoms with Crippen molar-refractivity contribution in [2.75, 3.05) is 24.7 Å². The lowest BCUT2D eigenvalue weighted by molar-refractivity contribution is 0.189. The summed E-state index contributed by atoms with van der Waals surface area (Å²) in [6, 6.07) is 4.98. The first-order valence-electron chi connectivity index (χ1n) is 6.57. The van der Waals surface area contributed by atoms with Crippen LogP contribution < -0.4 is 10.2 Å². The Kier molecular flexibility index (Phi) is 4.27. The van der Waals surface area contributed by atoms with Crippen LogP contribution in [0.2, 0.25) is 0 Å². The molecule has 19 heavy (non-hydrogen) atoms. The fourth-order valence-corrected chi connectivity index (χ4v) is 2.21. The third-order valence-electron chi connectivity index (χ3n) is 3.30. The number of aromatic hydroxyl groups is 1. The molecule has 1 aliphatic heterocycles. The summed E-state index contributed by atoms with van der Waals surface area (Å²) in [5.74, 6) is 0.163. The van der Waals surface area contributed by atoms with Crippen LogP contribution in [0, 0.1) is 6.92 Å². The normalized spacial score (nSPS) is 18.3. The second kappa shape index (κ2) is 5.93. The molecule has 2 amide bonds. The summed E-state index contributed by atoms with van der Waals surface area (Å²) in [5, 5.41) is 12.5. The third-order valence-corrected chi connectivity index (χ3v) is 3.30. The Morgan fingerprint density at radius 1 is 1.58 bits per heavy atom. The smallest absolute Gasteiger partial charge is 0.322 e. The van der Waals surface area contributed by atoms with Gasteiger partial charge in [-0.2, -0.15) is 0 Å². The molecule has 0 bridgehead atoms. The molecule has 0 aromatic heterocycles. The SMILES string of the molecule is CCN(C(=O)NC1CCOC1)c1cc(O)ccc1C. The van der Waals surface area contributed by atoms with Crippen molar-refractivity contribution in [2.24, 2.45) is 0 Å². The Balaban J connectivity index is 2.13. The van der Waals surface area contributed by atoms with E-state index in [-0.39, 0.29) is 17.8 Å². The summed E-state index contributed by atoms with van der Waals surface area (Å²) >= 11 is 0. The molecule has 0 radical (unpaired) electrons. The van der Waals surface area contributed by atoms with Crippen LogP contribution in [0.15, 0.2) is 18.2 Å². The van der Waals surface area contributed by atoms with E-state index in [1.807, 2.05) is 13.8 Å². The van der Waals surface area contributed by atoms with Gasteiger partial charge in [-0.1, -0.05) is 6.07 Å². The first kappa shape index (κ1) is 13.7. The van der Waals surface area contributed by atoms with E-state index in [0.717, 1.165) is 17.7 Å². The minimum absolute atomic E-state index is 0.0826. The van der Waals surface area contributed by atoms with E-state index in [0.29, 0.717) is 19.8 Å². The Labute approximate surface area is 113 Å². The van der Waals surface area contributed by atoms with Crippen LogP contribution in [0.5, 0.6) is 5.75 Å². The number of phenolic OH excluding ortho intramolecular Hbond substituents is 1. The number of hydrogen-bond acceptors (Lipinski definition) is 3. The number of ether oxygens (including phenoxy) is 1. The average molecular weight is 264 g/mol. The van der Waals surface area contributed by atoms with Gasteiger partial charge in [0, 0.05) is 19.2 Å². The number of phenols is 1. The zero-order chi connectivity index (χ0) is 13.8. The molecule has 2 rings (SSSR count). The number of rotatable bonds is 3. The number of aryl methyl sites for hydroxylation is 1. The number of amides is 2. The summed E-state index contributed by atoms with van der Waals surface area (Å²) < 4.78 is 5.25. The van der Waals surface area contributed by atoms with Gasteiger partial charge in [0.05, 0.1) is 18.3 Å². The largest absolute Gasteiger partial charge is 0.508 e. The van der Waals surface area contributed by atoms with Gasteiger partial charge in [0.15, 0.2) is 0 Å². The minimum Gasteiger partial charge on any atom is -0.508 e. The standard InChI is InChI=1S/C14H20N2O3/c1-3-16(13-8-12(17)5-4-10(13)2)14(18)15-11-6-7-19-9-11/h4-5,8,11,17H,3,6-7,9H2,1-2H3,(H,15,18). The van der Waals surface area contributed by atoms with Crippen molar-refractivity contribution in [1.29, 1.82) is 0 Å². The average Bonchev–Trinajstić information content (AvgIpc) is 2.87. The maximum atomic E-state index is 12.3. The number of anilines is 1. The Morgan fingerprint density at radius 3 is 3.00 bits per heavy atom. The summed E-state index contributed by atoms with van der Waals surface area (Å²) in [5.41, 5.74) is 1.69. The summed E-state index contributed by atoms with van der Waals surface area (Å²) in [6.45, 7) is 5.64. The maximum Gasteiger partial charge on any atom is 0.322 e. The van der Waals surface area contributed by atoms with Crippen molar-refractivity contribution in [2.45, 2.75) is 26.3 Å². The van der Waals surface area contributed by atoms with E-state index in [2.05, 4.69) is 5.32 Å². The van der Waals surface area contributed by atoms with Crippen LogP contribution in [0.25, 0.3) is 0 Å². The van der Waals surface area contributed by atoms with Crippen molar-refractivity contribution < 1.29 is 14.6 Å². The van der Waals surface area contributed by atoms with Crippen LogP contribution in [0.4, 0.5) is 10.5 Å². The number of carbonyl (C=O) groups excluding carboxylic acids is 1. The molecule has 1 aromatic rings. The van der Waals surface area contributed by atoms with Gasteiger partial charge >= 0.3 is 6.03 Å². The summed E-state index contributed by atoms with van der Waals surface area (Å²) in [6.07, 6.45) is 0.850. The first-order valence-corrected chi connectivity index (χ1v) is 6.57. The van der Waals surface area contributed by atoms with Gasteiger partial charge in [-0.3, -0.25) is 4.90 Å². The van der Waals surface area contributed by atoms with Crippen LogP contribution >= 0.6 is 0 Å². The molecule has 0 spiro atoms. The summed E-state index contributed by atoms with van der Waals surface area (Å²) in [4.78, 5) is 13.9. The highest BCUT2D eigenvalue weighted by Gasteiger charge is 2.22. The predicted octanol–water partition coefficient (Wildman–Crippen LogP) is 2.03. The number of benzene rings is 1. The highest BCUT2D eigenvalue weighted by Crippen LogP contribution is 2.25. The van der Waals surface area contributed by atoms with Crippen LogP contribution in [0.1, 0.15) is 18.9 Å². The van der Waals surface area contributed by atoms with Crippen molar-refractivity contribution in [1.82, 2.24) is 5.32 Å². The molecular weight excluding hydrogens is 244 g/mol. The molecule has 1 saturated heterocycles. The lowest BCUT2D eigenvalue weighted by Crippen LogP contribution is -2.45. The molecule has 0 aliphatic carbocycles. The molecule has 2 N–H and O–H groups in total. The molecule has 1 fully saturated rings. The molecule has 1 atom stereocenters. The van der Waals surface area contributed by atoms with Gasteiger partial charge in [0.1, 0.15) is 5.75 Å². The van der Waals surface area contributed by atoms with E-state index >= 15 is 0 Å². The predicted molar refractivity (Wildman–Crippen MR) is 73.6 cm³/mol. The molecule has 5 heteroatoms. The van der Waals surface area contributed by atoms with Crippen LogP contribution in [-0.2, 0) is 4.74 Å². The number of nitrogens with one attached hydrogen (secondary N) is 1. The van der Waals surface area contributed by atoms with Crippen molar-refractivity contribution in [3.05, 3.63) is 23.8 Å². The number of urea groups is 1. The molecule has 104 valence electrons. The monoisotopic (exact) mass is 264 g/mol. The van der Waals surface area contributed by atoms with Crippen LogP contribution in [0.3, 0.4) is 0 Å². The Morgan fingerprint density at radius 2 is 2.37 bits per heavy atom. The highest BCUT2D eigenvalue weighted by atomic mass is 16.5. The molecule has 1 heterocycles. The Hall–Kier alpha value is -1.75. The van der Waals surface area contributed by atoms with E-state index < -0.39 is 0 Å². The second-order valence-corrected chi connectivity index (χ2v) is 4.73. The zero-order valence-electron chi connectivity index (χ0n) is 11.3. The second-order valence-electron chi connectivity index (χ2n) is 4.73. The lowest BCUT2D eigenvalue weighted by Gasteiger charge is -2.25. The fourth-order valence-electron chi connectivity index (χ4n) is 2.21. The third kappa shape index (κ3) is 3.17. The van der Waals surface area contributed by atoms with Gasteiger partial charge in [-0.25, -0.2) is 4.79 Å². The quantitative estimate of drug-likeness (QED) is 0.878. The Bertz CT molecular complexity index is 456. The van der Waals surface area contributed by atoms with Gasteiger partial charge in [0.25, 0.3) is 0 Å². The lowest BCUT2D eigenvalue weighted by atomic mass is 10.1. The molecule has 0 saturated carbocycles. The number of hydrogen-bond donors (Lipinski definition) is 2. The molecule has 1 aliphatic rings. The van der Waals surface area contributed by atoms with Crippen molar-refractivity contribution in [3.8, 4) is 5.75 Å². The van der Waals surface area contributed by atoms with E-state index in [1.54, 1.807) is 23.1 Å². The number of carbonyl (C=O) groups is 1. The number of nitrogens with zero attached hydrogens (tertiary/aromatic N) is 1. The van der Waals surface area contributed by atoms with Gasteiger partial charge in [-0.15, -0.1) is 0 Å². The fraction of sp³-hybridized carbons (Fsp3) is 0.500. The molecule has 1 aromatic carbocycles. The van der Waals surface area contributed by atoms with E-state index in [4.69, 9.17) is 4.74 Å². The molecule has 1 unspecified atom stereocenters. The molecule has 5 nitrogen and oxygen atoms in total. The van der Waals surface area contributed by atoms with Gasteiger partial charge < -0.3 is 15.2 Å². The van der Waals surface area contributed by atoms with Gasteiger partial charge in [-0.05, 0) is 31.9 Å². The van der Waals surface area contributed by atoms with Gasteiger partial charge in [0.2, 0.25) is 0 Å². The highest BCUT2D eigenvalue weighted by molar-refractivity contribution is 5.93. The zero-order valence-corrected chi connectivity index (χ0v) is 11.3. The van der Waals surface area contributed by atoms with Crippen molar-refractivity contribution >= 4 is 11.7 Å². The van der Waals surface area contributed by atoms with Crippen molar-refractivity contribution in [3.63, 3.8) is 0 Å². The van der Waals surface area contributed by atoms with Crippen LogP contribution in [-0.4, -0.2) is 36.9 Å². The minimum atomic E-state index is -0.147. The topological polar surface area (TPSA) is 61.8 Å². The first-order chi connectivity index (χ1) is 9.11. The van der Waals surface area contributed by atoms with E-state index in [1.165, 1.54) is 0 Å². The maximum absolute atomic E-state index is 12.3. The van der Waals surface area contributed by atoms with E-state index in [9.17, 15) is 9.90 Å². The molecular formula is C14H20N2O3.